The molecule has 9 heteroatoms. The predicted molar refractivity (Wildman–Crippen MR) is 127 cm³/mol. The number of fused-ring (bicyclic) bond motifs is 1. The smallest absolute Gasteiger partial charge is 0.253 e. The van der Waals surface area contributed by atoms with Gasteiger partial charge in [-0.1, -0.05) is 23.7 Å². The lowest BCUT2D eigenvalue weighted by atomic mass is 9.98. The molecule has 6 nitrogen and oxygen atoms in total. The summed E-state index contributed by atoms with van der Waals surface area (Å²) < 4.78 is 28.7. The fraction of sp³-hybridized carbons (Fsp3) is 0.391. The Bertz CT molecular complexity index is 1240. The van der Waals surface area contributed by atoms with Crippen molar-refractivity contribution in [1.82, 2.24) is 14.2 Å². The molecule has 0 aliphatic carbocycles. The summed E-state index contributed by atoms with van der Waals surface area (Å²) in [5.74, 6) is 0.0237. The zero-order chi connectivity index (χ0) is 22.3. The van der Waals surface area contributed by atoms with Crippen LogP contribution in [-0.4, -0.2) is 54.7 Å². The minimum absolute atomic E-state index is 0.0200. The number of rotatable bonds is 4. The van der Waals surface area contributed by atoms with Crippen molar-refractivity contribution >= 4 is 49.1 Å². The Hall–Kier alpha value is -2.00. The van der Waals surface area contributed by atoms with E-state index >= 15 is 0 Å². The quantitative estimate of drug-likeness (QED) is 0.530. The molecule has 0 radical (unpaired) electrons. The summed E-state index contributed by atoms with van der Waals surface area (Å²) in [6, 6.07) is 12.7. The molecule has 168 valence electrons. The van der Waals surface area contributed by atoms with Crippen LogP contribution in [-0.2, 0) is 10.0 Å². The Labute approximate surface area is 196 Å². The van der Waals surface area contributed by atoms with Crippen LogP contribution in [0, 0.1) is 0 Å². The molecular formula is C23H24ClN3O3S2. The Balaban J connectivity index is 1.39. The van der Waals surface area contributed by atoms with Crippen molar-refractivity contribution in [2.75, 3.05) is 26.2 Å². The molecule has 3 aromatic rings. The van der Waals surface area contributed by atoms with E-state index in [0.29, 0.717) is 31.7 Å². The standard InChI is InChI=1S/C23H24ClN3O3S2/c24-18-10-9-16(14-21(18)32(29,30)27-12-3-4-13-27)23(28)26-11-5-6-17(15-26)22-25-19-7-1-2-8-20(19)31-22/h1-2,7-10,14,17H,3-6,11-13,15H2/t17-/m1/s1. The van der Waals surface area contributed by atoms with E-state index in [-0.39, 0.29) is 21.7 Å². The van der Waals surface area contributed by atoms with Gasteiger partial charge in [0.25, 0.3) is 5.91 Å². The third kappa shape index (κ3) is 4.05. The molecule has 0 N–H and O–H groups in total. The minimum Gasteiger partial charge on any atom is -0.338 e. The minimum atomic E-state index is -3.70. The summed E-state index contributed by atoms with van der Waals surface area (Å²) in [4.78, 5) is 19.9. The number of likely N-dealkylation sites (tertiary alicyclic amines) is 1. The molecule has 2 fully saturated rings. The first-order valence-corrected chi connectivity index (χ1v) is 13.5. The second kappa shape index (κ2) is 8.74. The lowest BCUT2D eigenvalue weighted by Gasteiger charge is -2.32. The Kier molecular flexibility index (Phi) is 5.96. The number of carbonyl (C=O) groups is 1. The van der Waals surface area contributed by atoms with E-state index in [0.717, 1.165) is 40.9 Å². The van der Waals surface area contributed by atoms with Crippen LogP contribution < -0.4 is 0 Å². The van der Waals surface area contributed by atoms with Crippen LogP contribution in [0.3, 0.4) is 0 Å². The number of piperidine rings is 1. The maximum absolute atomic E-state index is 13.3. The highest BCUT2D eigenvalue weighted by atomic mass is 35.5. The van der Waals surface area contributed by atoms with Crippen LogP contribution in [0.15, 0.2) is 47.4 Å². The second-order valence-corrected chi connectivity index (χ2v) is 11.7. The van der Waals surface area contributed by atoms with Gasteiger partial charge in [0.2, 0.25) is 10.0 Å². The Morgan fingerprint density at radius 1 is 1.06 bits per heavy atom. The van der Waals surface area contributed by atoms with Gasteiger partial charge in [-0.05, 0) is 56.0 Å². The lowest BCUT2D eigenvalue weighted by Crippen LogP contribution is -2.39. The molecule has 0 bridgehead atoms. The normalized spacial score (nSPS) is 20.2. The maximum Gasteiger partial charge on any atom is 0.253 e. The van der Waals surface area contributed by atoms with Crippen molar-refractivity contribution in [2.24, 2.45) is 0 Å². The topological polar surface area (TPSA) is 70.6 Å². The van der Waals surface area contributed by atoms with Gasteiger partial charge in [0.1, 0.15) is 4.90 Å². The van der Waals surface area contributed by atoms with Crippen molar-refractivity contribution < 1.29 is 13.2 Å². The largest absolute Gasteiger partial charge is 0.338 e. The molecule has 5 rings (SSSR count). The van der Waals surface area contributed by atoms with E-state index in [9.17, 15) is 13.2 Å². The zero-order valence-corrected chi connectivity index (χ0v) is 19.9. The van der Waals surface area contributed by atoms with Crippen molar-refractivity contribution in [1.29, 1.82) is 0 Å². The first kappa shape index (κ1) is 21.8. The molecule has 1 amide bonds. The SMILES string of the molecule is O=C(c1ccc(Cl)c(S(=O)(=O)N2CCCC2)c1)N1CCC[C@@H](c2nc3ccccc3s2)C1. The van der Waals surface area contributed by atoms with Crippen LogP contribution in [0.1, 0.15) is 47.0 Å². The van der Waals surface area contributed by atoms with Crippen LogP contribution in [0.4, 0.5) is 0 Å². The summed E-state index contributed by atoms with van der Waals surface area (Å²) in [6.07, 6.45) is 3.56. The zero-order valence-electron chi connectivity index (χ0n) is 17.5. The van der Waals surface area contributed by atoms with Crippen LogP contribution >= 0.6 is 22.9 Å². The fourth-order valence-corrected chi connectivity index (χ4v) is 7.62. The first-order chi connectivity index (χ1) is 15.4. The molecule has 0 spiro atoms. The first-order valence-electron chi connectivity index (χ1n) is 10.9. The van der Waals surface area contributed by atoms with E-state index in [4.69, 9.17) is 16.6 Å². The number of hydrogen-bond acceptors (Lipinski definition) is 5. The third-order valence-electron chi connectivity index (χ3n) is 6.23. The second-order valence-electron chi connectivity index (χ2n) is 8.37. The number of benzene rings is 2. The van der Waals surface area contributed by atoms with Crippen LogP contribution in [0.25, 0.3) is 10.2 Å². The number of para-hydroxylation sites is 1. The number of halogens is 1. The fourth-order valence-electron chi connectivity index (χ4n) is 4.51. The van der Waals surface area contributed by atoms with Crippen molar-refractivity contribution in [2.45, 2.75) is 36.5 Å². The van der Waals surface area contributed by atoms with Crippen molar-refractivity contribution in [3.05, 3.63) is 58.1 Å². The summed E-state index contributed by atoms with van der Waals surface area (Å²) in [5.41, 5.74) is 1.35. The number of sulfonamides is 1. The monoisotopic (exact) mass is 489 g/mol. The number of aromatic nitrogens is 1. The summed E-state index contributed by atoms with van der Waals surface area (Å²) in [5, 5.41) is 1.21. The predicted octanol–water partition coefficient (Wildman–Crippen LogP) is 4.75. The third-order valence-corrected chi connectivity index (χ3v) is 9.81. The summed E-state index contributed by atoms with van der Waals surface area (Å²) in [6.45, 7) is 2.21. The number of hydrogen-bond donors (Lipinski definition) is 0. The molecule has 2 aliphatic heterocycles. The lowest BCUT2D eigenvalue weighted by molar-refractivity contribution is 0.0707. The van der Waals surface area contributed by atoms with Gasteiger partial charge in [-0.25, -0.2) is 13.4 Å². The van der Waals surface area contributed by atoms with Gasteiger partial charge in [-0.3, -0.25) is 4.79 Å². The maximum atomic E-state index is 13.3. The molecule has 2 aromatic carbocycles. The van der Waals surface area contributed by atoms with Gasteiger partial charge < -0.3 is 4.90 Å². The molecule has 0 unspecified atom stereocenters. The Morgan fingerprint density at radius 2 is 1.84 bits per heavy atom. The van der Waals surface area contributed by atoms with Gasteiger partial charge >= 0.3 is 0 Å². The van der Waals surface area contributed by atoms with Crippen LogP contribution in [0.2, 0.25) is 5.02 Å². The van der Waals surface area contributed by atoms with Gasteiger partial charge in [0, 0.05) is 37.7 Å². The van der Waals surface area contributed by atoms with E-state index in [2.05, 4.69) is 6.07 Å². The molecule has 3 heterocycles. The van der Waals surface area contributed by atoms with E-state index in [1.54, 1.807) is 17.4 Å². The van der Waals surface area contributed by atoms with Gasteiger partial charge in [-0.2, -0.15) is 4.31 Å². The summed E-state index contributed by atoms with van der Waals surface area (Å²) in [7, 11) is -3.70. The van der Waals surface area contributed by atoms with Crippen molar-refractivity contribution in [3.63, 3.8) is 0 Å². The average Bonchev–Trinajstić information content (AvgIpc) is 3.49. The van der Waals surface area contributed by atoms with Crippen LogP contribution in [0.5, 0.6) is 0 Å². The highest BCUT2D eigenvalue weighted by Crippen LogP contribution is 2.34. The molecule has 2 aliphatic rings. The molecule has 1 atom stereocenters. The van der Waals surface area contributed by atoms with Gasteiger partial charge in [0.15, 0.2) is 0 Å². The number of amides is 1. The molecule has 0 saturated carbocycles. The van der Waals surface area contributed by atoms with E-state index in [1.165, 1.54) is 16.4 Å². The Morgan fingerprint density at radius 3 is 2.62 bits per heavy atom. The molecule has 2 saturated heterocycles. The van der Waals surface area contributed by atoms with Gasteiger partial charge in [0.05, 0.1) is 20.2 Å². The average molecular weight is 490 g/mol. The molecule has 32 heavy (non-hydrogen) atoms. The highest BCUT2D eigenvalue weighted by Gasteiger charge is 2.32. The van der Waals surface area contributed by atoms with Gasteiger partial charge in [-0.15, -0.1) is 11.3 Å². The highest BCUT2D eigenvalue weighted by molar-refractivity contribution is 7.89. The van der Waals surface area contributed by atoms with E-state index < -0.39 is 10.0 Å². The van der Waals surface area contributed by atoms with E-state index in [1.807, 2.05) is 23.1 Å². The van der Waals surface area contributed by atoms with Crippen molar-refractivity contribution in [3.8, 4) is 0 Å². The molecular weight excluding hydrogens is 466 g/mol. The number of thiazole rings is 1. The number of nitrogens with zero attached hydrogens (tertiary/aromatic N) is 3. The molecule has 1 aromatic heterocycles. The summed E-state index contributed by atoms with van der Waals surface area (Å²) >= 11 is 7.94. The number of carbonyl (C=O) groups excluding carboxylic acids is 1.